The number of aromatic nitrogens is 1. The van der Waals surface area contributed by atoms with Crippen molar-refractivity contribution in [2.45, 2.75) is 32.4 Å². The van der Waals surface area contributed by atoms with Gasteiger partial charge in [0.2, 0.25) is 0 Å². The molecule has 0 N–H and O–H groups in total. The summed E-state index contributed by atoms with van der Waals surface area (Å²) in [5, 5.41) is 0.871. The Hall–Kier alpha value is -3.55. The first-order chi connectivity index (χ1) is 17.0. The van der Waals surface area contributed by atoms with Crippen LogP contribution in [0.5, 0.6) is 11.5 Å². The maximum Gasteiger partial charge on any atom is 0.263 e. The zero-order valence-corrected chi connectivity index (χ0v) is 20.3. The van der Waals surface area contributed by atoms with E-state index in [1.807, 2.05) is 12.1 Å². The summed E-state index contributed by atoms with van der Waals surface area (Å²) in [6.45, 7) is 4.58. The molecule has 0 aliphatic carbocycles. The minimum atomic E-state index is -0.887. The van der Waals surface area contributed by atoms with Crippen molar-refractivity contribution in [3.63, 3.8) is 0 Å². The highest BCUT2D eigenvalue weighted by atomic mass is 19.1. The van der Waals surface area contributed by atoms with E-state index >= 15 is 0 Å². The molecule has 0 unspecified atom stereocenters. The van der Waals surface area contributed by atoms with Crippen LogP contribution in [0.3, 0.4) is 0 Å². The molecule has 0 radical (unpaired) electrons. The average molecular weight is 480 g/mol. The topological polar surface area (TPSA) is 64.0 Å². The number of nitrogens with zero attached hydrogens (tertiary/aromatic N) is 3. The van der Waals surface area contributed by atoms with Crippen molar-refractivity contribution in [2.75, 3.05) is 45.3 Å². The first-order valence-electron chi connectivity index (χ1n) is 12.1. The molecule has 1 fully saturated rings. The van der Waals surface area contributed by atoms with Gasteiger partial charge in [-0.1, -0.05) is 6.07 Å². The number of amides is 1. The summed E-state index contributed by atoms with van der Waals surface area (Å²) in [7, 11) is 3.03. The number of rotatable bonds is 5. The van der Waals surface area contributed by atoms with Crippen LogP contribution < -0.4 is 19.9 Å². The molecular weight excluding hydrogens is 449 g/mol. The van der Waals surface area contributed by atoms with E-state index < -0.39 is 6.17 Å². The van der Waals surface area contributed by atoms with Gasteiger partial charge in [-0.15, -0.1) is 0 Å². The maximum absolute atomic E-state index is 13.8. The van der Waals surface area contributed by atoms with E-state index in [9.17, 15) is 14.0 Å². The van der Waals surface area contributed by atoms with Gasteiger partial charge in [-0.25, -0.2) is 4.39 Å². The summed E-state index contributed by atoms with van der Waals surface area (Å²) in [5.74, 6) is 0.639. The van der Waals surface area contributed by atoms with E-state index in [0.29, 0.717) is 53.8 Å². The van der Waals surface area contributed by atoms with Crippen molar-refractivity contribution < 1.29 is 18.7 Å². The number of methoxy groups -OCH3 is 2. The second-order valence-corrected chi connectivity index (χ2v) is 9.04. The van der Waals surface area contributed by atoms with E-state index in [2.05, 4.69) is 17.9 Å². The van der Waals surface area contributed by atoms with Crippen LogP contribution in [-0.4, -0.2) is 61.9 Å². The van der Waals surface area contributed by atoms with Crippen molar-refractivity contribution in [3.8, 4) is 17.2 Å². The quantitative estimate of drug-likeness (QED) is 0.554. The highest BCUT2D eigenvalue weighted by Gasteiger charge is 2.28. The fraction of sp³-hybridized carbons (Fsp3) is 0.407. The van der Waals surface area contributed by atoms with E-state index in [-0.39, 0.29) is 11.5 Å². The molecule has 7 nitrogen and oxygen atoms in total. The molecule has 2 aliphatic heterocycles. The molecule has 2 aliphatic rings. The molecule has 0 bridgehead atoms. The zero-order chi connectivity index (χ0) is 24.7. The van der Waals surface area contributed by atoms with E-state index in [0.717, 1.165) is 36.4 Å². The van der Waals surface area contributed by atoms with Crippen LogP contribution in [0.15, 0.2) is 41.3 Å². The number of alkyl halides is 1. The van der Waals surface area contributed by atoms with Gasteiger partial charge < -0.3 is 19.3 Å². The Labute approximate surface area is 203 Å². The first-order valence-corrected chi connectivity index (χ1v) is 12.1. The van der Waals surface area contributed by atoms with Gasteiger partial charge in [-0.2, -0.15) is 0 Å². The Morgan fingerprint density at radius 3 is 2.34 bits per heavy atom. The summed E-state index contributed by atoms with van der Waals surface area (Å²) in [6.07, 6.45) is 2.22. The molecule has 0 saturated carbocycles. The standard InChI is InChI=1S/C27H30FN3O4/c1-4-29-13-10-18-22(29)6-5-7-23(18)31-16-21(26(32)30-11-8-17(28)9-12-30)19-14-24(34-2)25(35-3)15-20(19)27(31)33/h5-7,14-17H,4,8-13H2,1-3H3. The zero-order valence-electron chi connectivity index (χ0n) is 20.3. The summed E-state index contributed by atoms with van der Waals surface area (Å²) >= 11 is 0. The Morgan fingerprint density at radius 1 is 1.03 bits per heavy atom. The number of fused-ring (bicyclic) bond motifs is 2. The lowest BCUT2D eigenvalue weighted by Gasteiger charge is -2.29. The third-order valence-electron chi connectivity index (χ3n) is 7.20. The summed E-state index contributed by atoms with van der Waals surface area (Å²) in [6, 6.07) is 9.26. The Kier molecular flexibility index (Phi) is 6.13. The number of piperidine rings is 1. The van der Waals surface area contributed by atoms with Crippen LogP contribution in [0.1, 0.15) is 35.7 Å². The molecule has 5 rings (SSSR count). The smallest absolute Gasteiger partial charge is 0.263 e. The largest absolute Gasteiger partial charge is 0.493 e. The maximum atomic E-state index is 13.8. The fourth-order valence-corrected chi connectivity index (χ4v) is 5.27. The Balaban J connectivity index is 1.75. The number of likely N-dealkylation sites (N-methyl/N-ethyl adjacent to an activating group) is 1. The third kappa shape index (κ3) is 3.90. The second kappa shape index (κ2) is 9.24. The molecule has 3 aromatic rings. The Bertz CT molecular complexity index is 1340. The van der Waals surface area contributed by atoms with Crippen molar-refractivity contribution >= 4 is 22.4 Å². The van der Waals surface area contributed by atoms with Gasteiger partial charge in [0.1, 0.15) is 6.17 Å². The van der Waals surface area contributed by atoms with Gasteiger partial charge in [0, 0.05) is 49.0 Å². The van der Waals surface area contributed by atoms with Crippen LogP contribution in [0, 0.1) is 0 Å². The van der Waals surface area contributed by atoms with E-state index in [4.69, 9.17) is 9.47 Å². The minimum Gasteiger partial charge on any atom is -0.493 e. The van der Waals surface area contributed by atoms with Crippen LogP contribution in [0.25, 0.3) is 16.5 Å². The average Bonchev–Trinajstić information content (AvgIpc) is 3.32. The lowest BCUT2D eigenvalue weighted by Crippen LogP contribution is -2.39. The number of hydrogen-bond acceptors (Lipinski definition) is 5. The molecular formula is C27H30FN3O4. The summed E-state index contributed by atoms with van der Waals surface area (Å²) in [5.41, 5.74) is 3.14. The number of carbonyl (C=O) groups excluding carboxylic acids is 1. The van der Waals surface area contributed by atoms with Crippen LogP contribution >= 0.6 is 0 Å². The number of halogens is 1. The SMILES string of the molecule is CCN1CCc2c1cccc2-n1cc(C(=O)N2CCC(F)CC2)c2cc(OC)c(OC)cc2c1=O. The molecule has 0 atom stereocenters. The molecule has 1 amide bonds. The van der Waals surface area contributed by atoms with Gasteiger partial charge in [0.05, 0.1) is 30.9 Å². The van der Waals surface area contributed by atoms with Gasteiger partial charge in [0.25, 0.3) is 11.5 Å². The third-order valence-corrected chi connectivity index (χ3v) is 7.20. The second-order valence-electron chi connectivity index (χ2n) is 9.04. The van der Waals surface area contributed by atoms with E-state index in [1.165, 1.54) is 14.2 Å². The lowest BCUT2D eigenvalue weighted by molar-refractivity contribution is 0.0668. The number of ether oxygens (including phenoxy) is 2. The highest BCUT2D eigenvalue weighted by molar-refractivity contribution is 6.07. The molecule has 2 aromatic carbocycles. The molecule has 8 heteroatoms. The Morgan fingerprint density at radius 2 is 1.69 bits per heavy atom. The molecule has 35 heavy (non-hydrogen) atoms. The van der Waals surface area contributed by atoms with Crippen LogP contribution in [0.4, 0.5) is 10.1 Å². The van der Waals surface area contributed by atoms with E-state index in [1.54, 1.807) is 27.8 Å². The highest BCUT2D eigenvalue weighted by Crippen LogP contribution is 2.35. The van der Waals surface area contributed by atoms with Crippen LogP contribution in [0.2, 0.25) is 0 Å². The number of hydrogen-bond donors (Lipinski definition) is 0. The van der Waals surface area contributed by atoms with Crippen LogP contribution in [-0.2, 0) is 6.42 Å². The molecule has 0 spiro atoms. The monoisotopic (exact) mass is 479 g/mol. The molecule has 184 valence electrons. The van der Waals surface area contributed by atoms with Gasteiger partial charge in [-0.05, 0) is 50.5 Å². The van der Waals surface area contributed by atoms with Crippen molar-refractivity contribution in [1.82, 2.24) is 9.47 Å². The number of likely N-dealkylation sites (tertiary alicyclic amines) is 1. The number of pyridine rings is 1. The van der Waals surface area contributed by atoms with Crippen molar-refractivity contribution in [1.29, 1.82) is 0 Å². The number of anilines is 1. The molecule has 3 heterocycles. The summed E-state index contributed by atoms with van der Waals surface area (Å²) < 4.78 is 26.3. The van der Waals surface area contributed by atoms with Gasteiger partial charge >= 0.3 is 0 Å². The van der Waals surface area contributed by atoms with Gasteiger partial charge in [0.15, 0.2) is 11.5 Å². The summed E-state index contributed by atoms with van der Waals surface area (Å²) in [4.78, 5) is 31.5. The van der Waals surface area contributed by atoms with Crippen molar-refractivity contribution in [2.24, 2.45) is 0 Å². The molecule has 1 saturated heterocycles. The minimum absolute atomic E-state index is 0.217. The van der Waals surface area contributed by atoms with Gasteiger partial charge in [-0.3, -0.25) is 14.2 Å². The number of benzene rings is 2. The predicted octanol–water partition coefficient (Wildman–Crippen LogP) is 3.96. The first kappa shape index (κ1) is 23.2. The number of carbonyl (C=O) groups is 1. The fourth-order valence-electron chi connectivity index (χ4n) is 5.27. The lowest BCUT2D eigenvalue weighted by atomic mass is 10.0. The molecule has 1 aromatic heterocycles. The van der Waals surface area contributed by atoms with Crippen molar-refractivity contribution in [3.05, 3.63) is 58.0 Å². The predicted molar refractivity (Wildman–Crippen MR) is 134 cm³/mol. The normalized spacial score (nSPS) is 16.0.